The van der Waals surface area contributed by atoms with Gasteiger partial charge in [0.2, 0.25) is 5.82 Å². The van der Waals surface area contributed by atoms with E-state index in [0.29, 0.717) is 24.8 Å². The maximum Gasteiger partial charge on any atom is 0.253 e. The van der Waals surface area contributed by atoms with Gasteiger partial charge in [0, 0.05) is 26.3 Å². The average molecular weight is 467 g/mol. The largest absolute Gasteiger partial charge is 0.488 e. The third kappa shape index (κ3) is 8.68. The van der Waals surface area contributed by atoms with Gasteiger partial charge in [-0.2, -0.15) is 4.39 Å². The number of hydrogen-bond donors (Lipinski definition) is 1. The molecular formula is C24H32F2N2O5. The molecule has 2 aromatic rings. The van der Waals surface area contributed by atoms with Crippen LogP contribution in [0, 0.1) is 17.6 Å². The monoisotopic (exact) mass is 466 g/mol. The fourth-order valence-electron chi connectivity index (χ4n) is 3.05. The van der Waals surface area contributed by atoms with E-state index in [9.17, 15) is 13.6 Å². The minimum atomic E-state index is -0.960. The Morgan fingerprint density at radius 2 is 1.88 bits per heavy atom. The van der Waals surface area contributed by atoms with Gasteiger partial charge < -0.3 is 24.3 Å². The van der Waals surface area contributed by atoms with Crippen molar-refractivity contribution in [3.8, 4) is 5.75 Å². The van der Waals surface area contributed by atoms with E-state index in [2.05, 4.69) is 17.2 Å². The van der Waals surface area contributed by atoms with Crippen LogP contribution in [0.25, 0.3) is 0 Å². The van der Waals surface area contributed by atoms with Crippen LogP contribution >= 0.6 is 0 Å². The van der Waals surface area contributed by atoms with Gasteiger partial charge in [0.05, 0.1) is 31.2 Å². The molecule has 0 aliphatic carbocycles. The number of anilines is 1. The molecule has 1 aliphatic heterocycles. The number of halogens is 2. The molecule has 182 valence electrons. The maximum absolute atomic E-state index is 12.9. The summed E-state index contributed by atoms with van der Waals surface area (Å²) in [6, 6.07) is 7.56. The molecule has 1 aliphatic rings. The molecule has 2 unspecified atom stereocenters. The van der Waals surface area contributed by atoms with Crippen LogP contribution in [-0.2, 0) is 25.4 Å². The summed E-state index contributed by atoms with van der Waals surface area (Å²) in [7, 11) is 3.17. The third-order valence-electron chi connectivity index (χ3n) is 5.17. The predicted octanol–water partition coefficient (Wildman–Crippen LogP) is 4.01. The summed E-state index contributed by atoms with van der Waals surface area (Å²) < 4.78 is 45.7. The Bertz CT molecular complexity index is 856. The van der Waals surface area contributed by atoms with Crippen LogP contribution in [0.1, 0.15) is 26.0 Å². The highest BCUT2D eigenvalue weighted by atomic mass is 19.2. The first-order valence-corrected chi connectivity index (χ1v) is 10.8. The number of carbonyl (C=O) groups is 1. The summed E-state index contributed by atoms with van der Waals surface area (Å²) in [6.07, 6.45) is 3.00. The van der Waals surface area contributed by atoms with Crippen molar-refractivity contribution in [1.82, 2.24) is 4.98 Å². The number of ether oxygens (including phenoxy) is 4. The Balaban J connectivity index is 0.000000257. The van der Waals surface area contributed by atoms with Gasteiger partial charge in [0.15, 0.2) is 11.6 Å². The Kier molecular flexibility index (Phi) is 11.2. The van der Waals surface area contributed by atoms with E-state index < -0.39 is 11.6 Å². The quantitative estimate of drug-likeness (QED) is 0.563. The summed E-state index contributed by atoms with van der Waals surface area (Å²) in [5.74, 6) is -1.63. The lowest BCUT2D eigenvalue weighted by molar-refractivity contribution is -0.126. The van der Waals surface area contributed by atoms with E-state index in [0.717, 1.165) is 24.6 Å². The SMILES string of the molecule is COCCOc1cccc(F)c1F.COCCc1ccc(NC(=O)C2C[C@H](C)C(C)O2)cn1. The molecule has 1 aromatic heterocycles. The first kappa shape index (κ1) is 26.6. The van der Waals surface area contributed by atoms with E-state index in [4.69, 9.17) is 18.9 Å². The summed E-state index contributed by atoms with van der Waals surface area (Å²) in [5.41, 5.74) is 1.65. The van der Waals surface area contributed by atoms with E-state index in [1.165, 1.54) is 19.2 Å². The number of nitrogens with zero attached hydrogens (tertiary/aromatic N) is 1. The fourth-order valence-corrected chi connectivity index (χ4v) is 3.05. The summed E-state index contributed by atoms with van der Waals surface area (Å²) >= 11 is 0. The van der Waals surface area contributed by atoms with E-state index in [1.54, 1.807) is 13.3 Å². The number of methoxy groups -OCH3 is 2. The highest BCUT2D eigenvalue weighted by molar-refractivity contribution is 5.94. The highest BCUT2D eigenvalue weighted by Crippen LogP contribution is 2.26. The van der Waals surface area contributed by atoms with E-state index in [1.807, 2.05) is 19.1 Å². The molecule has 33 heavy (non-hydrogen) atoms. The molecule has 3 atom stereocenters. The Morgan fingerprint density at radius 1 is 1.12 bits per heavy atom. The zero-order chi connectivity index (χ0) is 24.2. The van der Waals surface area contributed by atoms with Gasteiger partial charge in [0.25, 0.3) is 5.91 Å². The van der Waals surface area contributed by atoms with Crippen molar-refractivity contribution in [2.24, 2.45) is 5.92 Å². The van der Waals surface area contributed by atoms with Crippen molar-refractivity contribution < 1.29 is 32.5 Å². The topological polar surface area (TPSA) is 78.9 Å². The zero-order valence-electron chi connectivity index (χ0n) is 19.5. The molecule has 1 fully saturated rings. The summed E-state index contributed by atoms with van der Waals surface area (Å²) in [5, 5.41) is 2.85. The van der Waals surface area contributed by atoms with Gasteiger partial charge in [0.1, 0.15) is 12.7 Å². The Labute approximate surface area is 193 Å². The summed E-state index contributed by atoms with van der Waals surface area (Å²) in [6.45, 7) is 5.30. The van der Waals surface area contributed by atoms with Crippen molar-refractivity contribution >= 4 is 11.6 Å². The number of rotatable bonds is 9. The number of amides is 1. The van der Waals surface area contributed by atoms with E-state index >= 15 is 0 Å². The van der Waals surface area contributed by atoms with Crippen LogP contribution < -0.4 is 10.1 Å². The predicted molar refractivity (Wildman–Crippen MR) is 120 cm³/mol. The minimum absolute atomic E-state index is 0.0861. The molecule has 1 aromatic carbocycles. The van der Waals surface area contributed by atoms with Crippen LogP contribution in [0.2, 0.25) is 0 Å². The smallest absolute Gasteiger partial charge is 0.253 e. The third-order valence-corrected chi connectivity index (χ3v) is 5.17. The lowest BCUT2D eigenvalue weighted by atomic mass is 10.0. The standard InChI is InChI=1S/C15H22N2O3.C9H10F2O2/c1-10-8-14(20-11(10)2)15(18)17-13-5-4-12(16-9-13)6-7-19-3;1-12-5-6-13-8-4-2-3-7(10)9(8)11/h4-5,9-11,14H,6-8H2,1-3H3,(H,17,18);2-4H,5-6H2,1H3/t10-,11?,14?;/m0./s1. The zero-order valence-corrected chi connectivity index (χ0v) is 19.5. The lowest BCUT2D eigenvalue weighted by Crippen LogP contribution is -2.27. The Hall–Kier alpha value is -2.62. The minimum Gasteiger partial charge on any atom is -0.488 e. The molecule has 9 heteroatoms. The van der Waals surface area contributed by atoms with Crippen LogP contribution in [0.3, 0.4) is 0 Å². The number of benzene rings is 1. The molecule has 0 bridgehead atoms. The number of carbonyl (C=O) groups excluding carboxylic acids is 1. The van der Waals surface area contributed by atoms with Crippen LogP contribution in [0.15, 0.2) is 36.5 Å². The second-order valence-corrected chi connectivity index (χ2v) is 7.71. The highest BCUT2D eigenvalue weighted by Gasteiger charge is 2.33. The van der Waals surface area contributed by atoms with Crippen LogP contribution in [0.4, 0.5) is 14.5 Å². The number of nitrogens with one attached hydrogen (secondary N) is 1. The number of hydrogen-bond acceptors (Lipinski definition) is 6. The van der Waals surface area contributed by atoms with Gasteiger partial charge in [-0.15, -0.1) is 0 Å². The van der Waals surface area contributed by atoms with Crippen LogP contribution in [-0.4, -0.2) is 57.1 Å². The summed E-state index contributed by atoms with van der Waals surface area (Å²) in [4.78, 5) is 16.4. The molecule has 0 spiro atoms. The van der Waals surface area contributed by atoms with Gasteiger partial charge in [-0.1, -0.05) is 13.0 Å². The molecule has 3 rings (SSSR count). The molecule has 1 amide bonds. The number of pyridine rings is 1. The molecule has 2 heterocycles. The first-order valence-electron chi connectivity index (χ1n) is 10.8. The maximum atomic E-state index is 12.9. The van der Waals surface area contributed by atoms with Gasteiger partial charge in [-0.3, -0.25) is 9.78 Å². The van der Waals surface area contributed by atoms with E-state index in [-0.39, 0.29) is 30.5 Å². The normalized spacial score (nSPS) is 19.5. The first-order chi connectivity index (χ1) is 15.8. The van der Waals surface area contributed by atoms with Gasteiger partial charge in [-0.05, 0) is 43.5 Å². The van der Waals surface area contributed by atoms with Crippen molar-refractivity contribution in [2.45, 2.75) is 38.9 Å². The molecular weight excluding hydrogens is 434 g/mol. The molecule has 1 N–H and O–H groups in total. The van der Waals surface area contributed by atoms with Gasteiger partial charge >= 0.3 is 0 Å². The van der Waals surface area contributed by atoms with Crippen molar-refractivity contribution in [3.05, 3.63) is 53.9 Å². The molecule has 1 saturated heterocycles. The number of aromatic nitrogens is 1. The van der Waals surface area contributed by atoms with Crippen molar-refractivity contribution in [2.75, 3.05) is 39.4 Å². The lowest BCUT2D eigenvalue weighted by Gasteiger charge is -2.11. The van der Waals surface area contributed by atoms with Crippen LogP contribution in [0.5, 0.6) is 5.75 Å². The average Bonchev–Trinajstić information content (AvgIpc) is 3.15. The Morgan fingerprint density at radius 3 is 2.48 bits per heavy atom. The molecule has 0 radical (unpaired) electrons. The molecule has 0 saturated carbocycles. The second-order valence-electron chi connectivity index (χ2n) is 7.71. The molecule has 7 nitrogen and oxygen atoms in total. The van der Waals surface area contributed by atoms with Crippen molar-refractivity contribution in [3.63, 3.8) is 0 Å². The van der Waals surface area contributed by atoms with Gasteiger partial charge in [-0.25, -0.2) is 4.39 Å². The second kappa shape index (κ2) is 13.8. The van der Waals surface area contributed by atoms with Crippen molar-refractivity contribution in [1.29, 1.82) is 0 Å². The fraction of sp³-hybridized carbons (Fsp3) is 0.500.